The summed E-state index contributed by atoms with van der Waals surface area (Å²) in [5.41, 5.74) is 5.36. The maximum atomic E-state index is 12.8. The average molecular weight is 443 g/mol. The number of aryl methyl sites for hydroxylation is 1. The number of carbonyl (C=O) groups excluding carboxylic acids is 2. The average Bonchev–Trinajstić information content (AvgIpc) is 3.25. The predicted octanol–water partition coefficient (Wildman–Crippen LogP) is 1.39. The summed E-state index contributed by atoms with van der Waals surface area (Å²) in [6.07, 6.45) is 4.52. The van der Waals surface area contributed by atoms with Crippen LogP contribution in [0.3, 0.4) is 0 Å². The van der Waals surface area contributed by atoms with Crippen LogP contribution in [-0.2, 0) is 21.9 Å². The lowest BCUT2D eigenvalue weighted by atomic mass is 10.3. The number of thiophene rings is 1. The Morgan fingerprint density at radius 1 is 1.21 bits per heavy atom. The van der Waals surface area contributed by atoms with Gasteiger partial charge in [0, 0.05) is 50.4 Å². The molecule has 2 N–H and O–H groups in total. The van der Waals surface area contributed by atoms with Crippen LogP contribution in [0.2, 0.25) is 4.34 Å². The molecule has 0 aliphatic carbocycles. The van der Waals surface area contributed by atoms with Gasteiger partial charge in [0.15, 0.2) is 0 Å². The van der Waals surface area contributed by atoms with Gasteiger partial charge in [-0.2, -0.15) is 4.31 Å². The number of sulfonamides is 1. The minimum absolute atomic E-state index is 0.0121. The minimum atomic E-state index is -3.76. The van der Waals surface area contributed by atoms with Crippen molar-refractivity contribution in [2.45, 2.75) is 4.90 Å². The molecule has 11 heteroatoms. The van der Waals surface area contributed by atoms with Crippen LogP contribution in [0.25, 0.3) is 6.08 Å². The van der Waals surface area contributed by atoms with Gasteiger partial charge in [-0.1, -0.05) is 11.6 Å². The molecule has 28 heavy (non-hydrogen) atoms. The van der Waals surface area contributed by atoms with Gasteiger partial charge >= 0.3 is 0 Å². The standard InChI is InChI=1S/C17H19ClN4O4S2/c1-20-11-13(10-14(20)17(19)24)28(25,26)22-8-6-21(7-9-22)16(23)5-3-12-2-4-15(18)27-12/h2-5,10-11H,6-9H2,1H3,(H2,19,24)/b5-3+. The topological polar surface area (TPSA) is 106 Å². The van der Waals surface area contributed by atoms with Gasteiger partial charge < -0.3 is 15.2 Å². The third-order valence-corrected chi connectivity index (χ3v) is 7.46. The molecule has 150 valence electrons. The Labute approximate surface area is 171 Å². The Kier molecular flexibility index (Phi) is 5.94. The van der Waals surface area contributed by atoms with Crippen molar-refractivity contribution >= 4 is 50.9 Å². The van der Waals surface area contributed by atoms with E-state index in [9.17, 15) is 18.0 Å². The van der Waals surface area contributed by atoms with E-state index in [2.05, 4.69) is 0 Å². The molecule has 1 fully saturated rings. The number of hydrogen-bond donors (Lipinski definition) is 1. The number of carbonyl (C=O) groups is 2. The first-order valence-corrected chi connectivity index (χ1v) is 11.0. The van der Waals surface area contributed by atoms with Crippen LogP contribution < -0.4 is 5.73 Å². The fourth-order valence-electron chi connectivity index (χ4n) is 2.89. The fraction of sp³-hybridized carbons (Fsp3) is 0.294. The highest BCUT2D eigenvalue weighted by atomic mass is 35.5. The van der Waals surface area contributed by atoms with E-state index in [0.717, 1.165) is 4.88 Å². The second-order valence-corrected chi connectivity index (χ2v) is 9.93. The number of hydrogen-bond acceptors (Lipinski definition) is 5. The number of piperazine rings is 1. The lowest BCUT2D eigenvalue weighted by Gasteiger charge is -2.33. The molecule has 0 atom stereocenters. The molecule has 2 amide bonds. The molecular formula is C17H19ClN4O4S2. The van der Waals surface area contributed by atoms with Crippen molar-refractivity contribution in [3.05, 3.63) is 45.4 Å². The maximum Gasteiger partial charge on any atom is 0.265 e. The van der Waals surface area contributed by atoms with Crippen molar-refractivity contribution in [3.8, 4) is 0 Å². The molecular weight excluding hydrogens is 424 g/mol. The third-order valence-electron chi connectivity index (χ3n) is 4.40. The summed E-state index contributed by atoms with van der Waals surface area (Å²) in [5, 5.41) is 0. The number of halogens is 1. The minimum Gasteiger partial charge on any atom is -0.364 e. The Morgan fingerprint density at radius 3 is 2.43 bits per heavy atom. The van der Waals surface area contributed by atoms with Crippen molar-refractivity contribution in [1.82, 2.24) is 13.8 Å². The van der Waals surface area contributed by atoms with E-state index in [0.29, 0.717) is 4.34 Å². The van der Waals surface area contributed by atoms with E-state index < -0.39 is 15.9 Å². The first-order valence-electron chi connectivity index (χ1n) is 8.37. The van der Waals surface area contributed by atoms with Gasteiger partial charge in [0.05, 0.1) is 4.34 Å². The zero-order chi connectivity index (χ0) is 20.5. The molecule has 1 aliphatic heterocycles. The zero-order valence-corrected chi connectivity index (χ0v) is 17.4. The molecule has 8 nitrogen and oxygen atoms in total. The van der Waals surface area contributed by atoms with Gasteiger partial charge in [-0.05, 0) is 24.3 Å². The smallest absolute Gasteiger partial charge is 0.265 e. The molecule has 0 aromatic carbocycles. The number of nitrogens with zero attached hydrogens (tertiary/aromatic N) is 3. The van der Waals surface area contributed by atoms with Gasteiger partial charge in [0.25, 0.3) is 5.91 Å². The summed E-state index contributed by atoms with van der Waals surface area (Å²) in [6.45, 7) is 0.910. The van der Waals surface area contributed by atoms with Gasteiger partial charge in [-0.3, -0.25) is 9.59 Å². The summed E-state index contributed by atoms with van der Waals surface area (Å²) in [6, 6.07) is 4.85. The van der Waals surface area contributed by atoms with E-state index in [1.54, 1.807) is 24.1 Å². The highest BCUT2D eigenvalue weighted by molar-refractivity contribution is 7.89. The van der Waals surface area contributed by atoms with Gasteiger partial charge in [0.1, 0.15) is 10.6 Å². The lowest BCUT2D eigenvalue weighted by molar-refractivity contribution is -0.127. The van der Waals surface area contributed by atoms with Crippen LogP contribution >= 0.6 is 22.9 Å². The van der Waals surface area contributed by atoms with Crippen molar-refractivity contribution in [2.75, 3.05) is 26.2 Å². The van der Waals surface area contributed by atoms with E-state index in [-0.39, 0.29) is 42.7 Å². The molecule has 0 bridgehead atoms. The maximum absolute atomic E-state index is 12.8. The molecule has 2 aromatic heterocycles. The lowest BCUT2D eigenvalue weighted by Crippen LogP contribution is -2.50. The molecule has 0 spiro atoms. The number of amides is 2. The summed E-state index contributed by atoms with van der Waals surface area (Å²) in [4.78, 5) is 26.1. The first-order chi connectivity index (χ1) is 13.2. The number of nitrogens with two attached hydrogens (primary N) is 1. The quantitative estimate of drug-likeness (QED) is 0.706. The van der Waals surface area contributed by atoms with Crippen LogP contribution in [0.15, 0.2) is 35.4 Å². The Bertz CT molecular complexity index is 1030. The van der Waals surface area contributed by atoms with Gasteiger partial charge in [0.2, 0.25) is 15.9 Å². The van der Waals surface area contributed by atoms with E-state index in [1.165, 1.54) is 38.5 Å². The second-order valence-electron chi connectivity index (χ2n) is 6.24. The normalized spacial score (nSPS) is 16.0. The number of aromatic nitrogens is 1. The van der Waals surface area contributed by atoms with Crippen molar-refractivity contribution < 1.29 is 18.0 Å². The molecule has 1 saturated heterocycles. The summed E-state index contributed by atoms with van der Waals surface area (Å²) < 4.78 is 28.9. The van der Waals surface area contributed by atoms with Gasteiger partial charge in [-0.15, -0.1) is 11.3 Å². The van der Waals surface area contributed by atoms with E-state index in [4.69, 9.17) is 17.3 Å². The SMILES string of the molecule is Cn1cc(S(=O)(=O)N2CCN(C(=O)/C=C/c3ccc(Cl)s3)CC2)cc1C(N)=O. The predicted molar refractivity (Wildman–Crippen MR) is 108 cm³/mol. The highest BCUT2D eigenvalue weighted by Crippen LogP contribution is 2.23. The Morgan fingerprint density at radius 2 is 1.89 bits per heavy atom. The zero-order valence-electron chi connectivity index (χ0n) is 15.0. The van der Waals surface area contributed by atoms with E-state index in [1.807, 2.05) is 6.07 Å². The molecule has 0 radical (unpaired) electrons. The largest absolute Gasteiger partial charge is 0.364 e. The summed E-state index contributed by atoms with van der Waals surface area (Å²) >= 11 is 7.23. The molecule has 3 rings (SSSR count). The monoisotopic (exact) mass is 442 g/mol. The van der Waals surface area contributed by atoms with Crippen molar-refractivity contribution in [1.29, 1.82) is 0 Å². The number of primary amides is 1. The molecule has 0 saturated carbocycles. The van der Waals surface area contributed by atoms with Crippen molar-refractivity contribution in [2.24, 2.45) is 12.8 Å². The van der Waals surface area contributed by atoms with Crippen molar-refractivity contribution in [3.63, 3.8) is 0 Å². The Hall–Kier alpha value is -2.14. The molecule has 1 aliphatic rings. The summed E-state index contributed by atoms with van der Waals surface area (Å²) in [7, 11) is -2.20. The fourth-order valence-corrected chi connectivity index (χ4v) is 5.35. The van der Waals surface area contributed by atoms with Crippen LogP contribution in [-0.4, -0.2) is 60.2 Å². The Balaban J connectivity index is 1.64. The van der Waals surface area contributed by atoms with Crippen LogP contribution in [0, 0.1) is 0 Å². The molecule has 3 heterocycles. The number of rotatable bonds is 5. The van der Waals surface area contributed by atoms with Gasteiger partial charge in [-0.25, -0.2) is 8.42 Å². The van der Waals surface area contributed by atoms with Crippen LogP contribution in [0.1, 0.15) is 15.4 Å². The molecule has 0 unspecified atom stereocenters. The second kappa shape index (κ2) is 8.08. The third kappa shape index (κ3) is 4.30. The first kappa shape index (κ1) is 20.6. The van der Waals surface area contributed by atoms with Crippen LogP contribution in [0.4, 0.5) is 0 Å². The highest BCUT2D eigenvalue weighted by Gasteiger charge is 2.31. The van der Waals surface area contributed by atoms with Crippen LogP contribution in [0.5, 0.6) is 0 Å². The van der Waals surface area contributed by atoms with E-state index >= 15 is 0 Å². The molecule has 2 aromatic rings. The summed E-state index contributed by atoms with van der Waals surface area (Å²) in [5.74, 6) is -0.879.